The number of hydrogen-bond donors (Lipinski definition) is 2. The first-order valence-corrected chi connectivity index (χ1v) is 3.63. The number of ether oxygens (including phenoxy) is 1. The summed E-state index contributed by atoms with van der Waals surface area (Å²) in [6.45, 7) is 1.52. The number of hydrogen-bond acceptors (Lipinski definition) is 3. The van der Waals surface area contributed by atoms with Crippen LogP contribution < -0.4 is 0 Å². The number of nitrogens with one attached hydrogen (secondary N) is 1. The summed E-state index contributed by atoms with van der Waals surface area (Å²) < 4.78 is 4.79. The predicted octanol–water partition coefficient (Wildman–Crippen LogP) is 1.12. The third kappa shape index (κ3) is 1.70. The molecule has 1 rings (SSSR count). The lowest BCUT2D eigenvalue weighted by molar-refractivity contribution is -0.0193. The van der Waals surface area contributed by atoms with E-state index in [4.69, 9.17) is 15.3 Å². The third-order valence-electron chi connectivity index (χ3n) is 1.77. The fourth-order valence-corrected chi connectivity index (χ4v) is 0.950. The molecule has 2 N–H and O–H groups in total. The summed E-state index contributed by atoms with van der Waals surface area (Å²) in [5.41, 5.74) is 0. The van der Waals surface area contributed by atoms with Crippen molar-refractivity contribution in [3.8, 4) is 0 Å². The van der Waals surface area contributed by atoms with E-state index in [0.29, 0.717) is 0 Å². The molecule has 1 atom stereocenters. The zero-order valence-corrected chi connectivity index (χ0v) is 6.13. The second kappa shape index (κ2) is 3.01. The molecule has 1 unspecified atom stereocenters. The normalized spacial score (nSPS) is 21.4. The van der Waals surface area contributed by atoms with Crippen molar-refractivity contribution in [2.24, 2.45) is 5.92 Å². The third-order valence-corrected chi connectivity index (χ3v) is 1.77. The maximum Gasteiger partial charge on any atom is 0.195 e. The maximum absolute atomic E-state index is 8.73. The molecule has 58 valence electrons. The van der Waals surface area contributed by atoms with E-state index in [0.717, 1.165) is 12.8 Å². The van der Waals surface area contributed by atoms with Crippen molar-refractivity contribution in [2.75, 3.05) is 0 Å². The largest absolute Gasteiger partial charge is 0.453 e. The van der Waals surface area contributed by atoms with Gasteiger partial charge in [-0.25, -0.2) is 0 Å². The molecule has 0 saturated heterocycles. The second-order valence-corrected chi connectivity index (χ2v) is 2.71. The molecule has 1 saturated carbocycles. The van der Waals surface area contributed by atoms with E-state index >= 15 is 0 Å². The highest BCUT2D eigenvalue weighted by Gasteiger charge is 2.24. The van der Waals surface area contributed by atoms with Gasteiger partial charge in [-0.1, -0.05) is 6.42 Å². The topological polar surface area (TPSA) is 53.3 Å². The summed E-state index contributed by atoms with van der Waals surface area (Å²) in [7, 11) is 0. The Labute approximate surface area is 60.5 Å². The van der Waals surface area contributed by atoms with Crippen molar-refractivity contribution in [2.45, 2.75) is 32.5 Å². The lowest BCUT2D eigenvalue weighted by atomic mass is 9.85. The summed E-state index contributed by atoms with van der Waals surface area (Å²) in [6, 6.07) is 0. The van der Waals surface area contributed by atoms with E-state index in [-0.39, 0.29) is 11.8 Å². The van der Waals surface area contributed by atoms with Crippen LogP contribution in [0.4, 0.5) is 0 Å². The number of rotatable bonds is 2. The Balaban J connectivity index is 2.20. The lowest BCUT2D eigenvalue weighted by Crippen LogP contribution is -2.26. The Hall–Kier alpha value is -0.570. The summed E-state index contributed by atoms with van der Waals surface area (Å²) in [5.74, 6) is 0.538. The smallest absolute Gasteiger partial charge is 0.195 e. The first kappa shape index (κ1) is 7.54. The van der Waals surface area contributed by atoms with E-state index in [2.05, 4.69) is 0 Å². The minimum atomic E-state index is -0.826. The average molecular weight is 143 g/mol. The highest BCUT2D eigenvalue weighted by Crippen LogP contribution is 2.27. The minimum absolute atomic E-state index is 0.251. The molecule has 0 radical (unpaired) electrons. The number of aliphatic hydroxyl groups is 1. The number of aliphatic hydroxyl groups excluding tert-OH is 1. The average Bonchev–Trinajstić information content (AvgIpc) is 1.55. The van der Waals surface area contributed by atoms with Crippen molar-refractivity contribution in [1.29, 1.82) is 5.41 Å². The molecule has 3 nitrogen and oxygen atoms in total. The predicted molar refractivity (Wildman–Crippen MR) is 37.8 cm³/mol. The van der Waals surface area contributed by atoms with E-state index in [1.54, 1.807) is 0 Å². The standard InChI is InChI=1S/C7H13NO2/c1-5(9)10-7(8)6-3-2-4-6/h5-6,8-9H,2-4H2,1H3. The van der Waals surface area contributed by atoms with Gasteiger partial charge in [-0.3, -0.25) is 5.41 Å². The van der Waals surface area contributed by atoms with Crippen LogP contribution in [0.3, 0.4) is 0 Å². The molecule has 0 aromatic rings. The Bertz CT molecular complexity index is 130. The summed E-state index contributed by atoms with van der Waals surface area (Å²) in [4.78, 5) is 0. The maximum atomic E-state index is 8.73. The molecule has 3 heteroatoms. The molecule has 0 amide bonds. The van der Waals surface area contributed by atoms with Gasteiger partial charge in [0.1, 0.15) is 0 Å². The first-order valence-electron chi connectivity index (χ1n) is 3.63. The van der Waals surface area contributed by atoms with Crippen LogP contribution in [0.15, 0.2) is 0 Å². The Kier molecular flexibility index (Phi) is 2.27. The van der Waals surface area contributed by atoms with Gasteiger partial charge in [0.25, 0.3) is 0 Å². The molecular weight excluding hydrogens is 130 g/mol. The van der Waals surface area contributed by atoms with Crippen LogP contribution in [-0.2, 0) is 4.74 Å². The van der Waals surface area contributed by atoms with Crippen molar-refractivity contribution in [1.82, 2.24) is 0 Å². The summed E-state index contributed by atoms with van der Waals surface area (Å²) in [5, 5.41) is 16.0. The first-order chi connectivity index (χ1) is 4.70. The molecule has 0 heterocycles. The van der Waals surface area contributed by atoms with E-state index in [1.165, 1.54) is 13.3 Å². The minimum Gasteiger partial charge on any atom is -0.453 e. The van der Waals surface area contributed by atoms with Crippen LogP contribution in [-0.4, -0.2) is 17.3 Å². The van der Waals surface area contributed by atoms with Gasteiger partial charge in [-0.2, -0.15) is 0 Å². The molecule has 0 aliphatic heterocycles. The summed E-state index contributed by atoms with van der Waals surface area (Å²) in [6.07, 6.45) is 2.46. The Morgan fingerprint density at radius 3 is 2.60 bits per heavy atom. The van der Waals surface area contributed by atoms with Crippen LogP contribution >= 0.6 is 0 Å². The highest BCUT2D eigenvalue weighted by atomic mass is 16.6. The van der Waals surface area contributed by atoms with Gasteiger partial charge < -0.3 is 9.84 Å². The highest BCUT2D eigenvalue weighted by molar-refractivity contribution is 5.76. The summed E-state index contributed by atoms with van der Waals surface area (Å²) >= 11 is 0. The zero-order valence-electron chi connectivity index (χ0n) is 6.13. The van der Waals surface area contributed by atoms with Crippen LogP contribution in [0.25, 0.3) is 0 Å². The molecule has 0 spiro atoms. The molecule has 1 aliphatic carbocycles. The van der Waals surface area contributed by atoms with Gasteiger partial charge in [0.15, 0.2) is 12.2 Å². The van der Waals surface area contributed by atoms with Gasteiger partial charge in [0, 0.05) is 5.92 Å². The van der Waals surface area contributed by atoms with E-state index in [9.17, 15) is 0 Å². The van der Waals surface area contributed by atoms with E-state index < -0.39 is 6.29 Å². The van der Waals surface area contributed by atoms with Crippen LogP contribution in [0.1, 0.15) is 26.2 Å². The molecule has 0 bridgehead atoms. The van der Waals surface area contributed by atoms with Crippen molar-refractivity contribution in [3.63, 3.8) is 0 Å². The molecule has 0 aromatic heterocycles. The zero-order chi connectivity index (χ0) is 7.56. The molecule has 10 heavy (non-hydrogen) atoms. The van der Waals surface area contributed by atoms with Gasteiger partial charge >= 0.3 is 0 Å². The van der Waals surface area contributed by atoms with Crippen LogP contribution in [0, 0.1) is 11.3 Å². The van der Waals surface area contributed by atoms with Crippen molar-refractivity contribution in [3.05, 3.63) is 0 Å². The fourth-order valence-electron chi connectivity index (χ4n) is 0.950. The molecule has 0 aromatic carbocycles. The molecule has 1 aliphatic rings. The quantitative estimate of drug-likeness (QED) is 0.346. The van der Waals surface area contributed by atoms with Crippen LogP contribution in [0.2, 0.25) is 0 Å². The monoisotopic (exact) mass is 143 g/mol. The molecule has 1 fully saturated rings. The van der Waals surface area contributed by atoms with Gasteiger partial charge in [0.05, 0.1) is 0 Å². The SMILES string of the molecule is CC(O)OC(=N)C1CCC1. The Morgan fingerprint density at radius 1 is 1.70 bits per heavy atom. The van der Waals surface area contributed by atoms with Crippen molar-refractivity contribution >= 4 is 5.90 Å². The fraction of sp³-hybridized carbons (Fsp3) is 0.857. The second-order valence-electron chi connectivity index (χ2n) is 2.71. The van der Waals surface area contributed by atoms with Gasteiger partial charge in [-0.05, 0) is 19.8 Å². The lowest BCUT2D eigenvalue weighted by Gasteiger charge is -2.26. The van der Waals surface area contributed by atoms with Crippen LogP contribution in [0.5, 0.6) is 0 Å². The van der Waals surface area contributed by atoms with Gasteiger partial charge in [0.2, 0.25) is 0 Å². The molecular formula is C7H13NO2. The van der Waals surface area contributed by atoms with Gasteiger partial charge in [-0.15, -0.1) is 0 Å². The van der Waals surface area contributed by atoms with Crippen molar-refractivity contribution < 1.29 is 9.84 Å². The van der Waals surface area contributed by atoms with E-state index in [1.807, 2.05) is 0 Å². The Morgan fingerprint density at radius 2 is 2.30 bits per heavy atom.